The SMILES string of the molecule is O=C(NC1CCCCC1)c1c(O)cc(F)cc1F. The van der Waals surface area contributed by atoms with Gasteiger partial charge in [0.15, 0.2) is 0 Å². The topological polar surface area (TPSA) is 49.3 Å². The van der Waals surface area contributed by atoms with Gasteiger partial charge in [0.2, 0.25) is 0 Å². The molecule has 18 heavy (non-hydrogen) atoms. The number of rotatable bonds is 2. The summed E-state index contributed by atoms with van der Waals surface area (Å²) in [7, 11) is 0. The predicted octanol–water partition coefficient (Wildman–Crippen LogP) is 2.73. The Morgan fingerprint density at radius 3 is 2.50 bits per heavy atom. The molecule has 3 nitrogen and oxygen atoms in total. The van der Waals surface area contributed by atoms with Crippen molar-refractivity contribution in [2.75, 3.05) is 0 Å². The van der Waals surface area contributed by atoms with E-state index in [4.69, 9.17) is 0 Å². The van der Waals surface area contributed by atoms with Crippen LogP contribution >= 0.6 is 0 Å². The first-order chi connectivity index (χ1) is 8.58. The van der Waals surface area contributed by atoms with Crippen LogP contribution in [0.5, 0.6) is 5.75 Å². The summed E-state index contributed by atoms with van der Waals surface area (Å²) in [5.41, 5.74) is -0.484. The van der Waals surface area contributed by atoms with Crippen LogP contribution in [0.4, 0.5) is 8.78 Å². The van der Waals surface area contributed by atoms with Gasteiger partial charge in [-0.3, -0.25) is 4.79 Å². The molecule has 0 bridgehead atoms. The van der Waals surface area contributed by atoms with E-state index in [2.05, 4.69) is 5.32 Å². The number of hydrogen-bond donors (Lipinski definition) is 2. The second kappa shape index (κ2) is 5.33. The van der Waals surface area contributed by atoms with E-state index in [1.165, 1.54) is 0 Å². The van der Waals surface area contributed by atoms with Gasteiger partial charge in [0.1, 0.15) is 22.9 Å². The number of phenolic OH excluding ortho intramolecular Hbond substituents is 1. The van der Waals surface area contributed by atoms with Gasteiger partial charge in [0.05, 0.1) is 0 Å². The summed E-state index contributed by atoms with van der Waals surface area (Å²) < 4.78 is 26.3. The molecular weight excluding hydrogens is 240 g/mol. The minimum absolute atomic E-state index is 0.00935. The predicted molar refractivity (Wildman–Crippen MR) is 62.4 cm³/mol. The quantitative estimate of drug-likeness (QED) is 0.853. The maximum atomic E-state index is 13.5. The third kappa shape index (κ3) is 2.78. The molecule has 1 aliphatic carbocycles. The number of nitrogens with one attached hydrogen (secondary N) is 1. The summed E-state index contributed by atoms with van der Waals surface area (Å²) in [6, 6.07) is 1.34. The highest BCUT2D eigenvalue weighted by Gasteiger charge is 2.22. The van der Waals surface area contributed by atoms with Gasteiger partial charge in [-0.05, 0) is 12.8 Å². The Balaban J connectivity index is 2.13. The van der Waals surface area contributed by atoms with Gasteiger partial charge in [0, 0.05) is 18.2 Å². The van der Waals surface area contributed by atoms with Crippen LogP contribution in [-0.2, 0) is 0 Å². The Kier molecular flexibility index (Phi) is 3.79. The van der Waals surface area contributed by atoms with E-state index in [1.807, 2.05) is 0 Å². The first-order valence-corrected chi connectivity index (χ1v) is 6.07. The Morgan fingerprint density at radius 2 is 1.89 bits per heavy atom. The highest BCUT2D eigenvalue weighted by Crippen LogP contribution is 2.23. The van der Waals surface area contributed by atoms with Gasteiger partial charge in [-0.25, -0.2) is 8.78 Å². The number of carbonyl (C=O) groups excluding carboxylic acids is 1. The van der Waals surface area contributed by atoms with Crippen molar-refractivity contribution in [3.63, 3.8) is 0 Å². The van der Waals surface area contributed by atoms with Crippen LogP contribution in [0.2, 0.25) is 0 Å². The fraction of sp³-hybridized carbons (Fsp3) is 0.462. The lowest BCUT2D eigenvalue weighted by Crippen LogP contribution is -2.36. The first kappa shape index (κ1) is 12.8. The molecule has 0 atom stereocenters. The minimum atomic E-state index is -1.04. The van der Waals surface area contributed by atoms with E-state index in [0.717, 1.165) is 38.2 Å². The maximum Gasteiger partial charge on any atom is 0.258 e. The van der Waals surface area contributed by atoms with Crippen molar-refractivity contribution in [1.82, 2.24) is 5.32 Å². The summed E-state index contributed by atoms with van der Waals surface area (Å²) >= 11 is 0. The van der Waals surface area contributed by atoms with Crippen molar-refractivity contribution in [2.45, 2.75) is 38.1 Å². The highest BCUT2D eigenvalue weighted by atomic mass is 19.1. The molecule has 0 spiro atoms. The number of carbonyl (C=O) groups is 1. The van der Waals surface area contributed by atoms with Crippen molar-refractivity contribution in [3.8, 4) is 5.75 Å². The van der Waals surface area contributed by atoms with E-state index < -0.39 is 28.9 Å². The van der Waals surface area contributed by atoms with Gasteiger partial charge >= 0.3 is 0 Å². The van der Waals surface area contributed by atoms with Crippen LogP contribution in [0.1, 0.15) is 42.5 Å². The first-order valence-electron chi connectivity index (χ1n) is 6.07. The molecule has 0 heterocycles. The van der Waals surface area contributed by atoms with E-state index >= 15 is 0 Å². The molecule has 1 aromatic carbocycles. The van der Waals surface area contributed by atoms with Gasteiger partial charge < -0.3 is 10.4 Å². The van der Waals surface area contributed by atoms with Gasteiger partial charge in [-0.2, -0.15) is 0 Å². The van der Waals surface area contributed by atoms with E-state index in [-0.39, 0.29) is 6.04 Å². The van der Waals surface area contributed by atoms with Gasteiger partial charge in [-0.15, -0.1) is 0 Å². The number of hydrogen-bond acceptors (Lipinski definition) is 2. The van der Waals surface area contributed by atoms with Crippen molar-refractivity contribution >= 4 is 5.91 Å². The normalized spacial score (nSPS) is 16.6. The number of aromatic hydroxyl groups is 1. The van der Waals surface area contributed by atoms with Gasteiger partial charge in [0.25, 0.3) is 5.91 Å². The molecule has 1 amide bonds. The van der Waals surface area contributed by atoms with Crippen molar-refractivity contribution < 1.29 is 18.7 Å². The van der Waals surface area contributed by atoms with Crippen LogP contribution < -0.4 is 5.32 Å². The molecule has 0 radical (unpaired) electrons. The highest BCUT2D eigenvalue weighted by molar-refractivity contribution is 5.97. The Hall–Kier alpha value is -1.65. The Labute approximate surface area is 104 Å². The maximum absolute atomic E-state index is 13.5. The minimum Gasteiger partial charge on any atom is -0.507 e. The summed E-state index contributed by atoms with van der Waals surface area (Å²) in [4.78, 5) is 11.8. The molecule has 1 aliphatic rings. The Bertz CT molecular complexity index is 433. The summed E-state index contributed by atoms with van der Waals surface area (Å²) in [5, 5.41) is 12.1. The molecule has 1 fully saturated rings. The lowest BCUT2D eigenvalue weighted by Gasteiger charge is -2.23. The van der Waals surface area contributed by atoms with E-state index in [9.17, 15) is 18.7 Å². The van der Waals surface area contributed by atoms with Crippen molar-refractivity contribution in [3.05, 3.63) is 29.3 Å². The molecule has 1 aromatic rings. The van der Waals surface area contributed by atoms with Crippen molar-refractivity contribution in [1.29, 1.82) is 0 Å². The molecule has 5 heteroatoms. The summed E-state index contributed by atoms with van der Waals surface area (Å²) in [6.07, 6.45) is 4.92. The molecule has 2 N–H and O–H groups in total. The summed E-state index contributed by atoms with van der Waals surface area (Å²) in [6.45, 7) is 0. The lowest BCUT2D eigenvalue weighted by atomic mass is 9.95. The second-order valence-electron chi connectivity index (χ2n) is 4.59. The standard InChI is InChI=1S/C13H15F2NO2/c14-8-6-10(15)12(11(17)7-8)13(18)16-9-4-2-1-3-5-9/h6-7,9,17H,1-5H2,(H,16,18). The van der Waals surface area contributed by atoms with Crippen LogP contribution in [-0.4, -0.2) is 17.1 Å². The smallest absolute Gasteiger partial charge is 0.258 e. The molecule has 0 aliphatic heterocycles. The Morgan fingerprint density at radius 1 is 1.22 bits per heavy atom. The molecule has 2 rings (SSSR count). The number of phenols is 1. The zero-order valence-electron chi connectivity index (χ0n) is 9.88. The lowest BCUT2D eigenvalue weighted by molar-refractivity contribution is 0.0920. The third-order valence-corrected chi connectivity index (χ3v) is 3.20. The van der Waals surface area contributed by atoms with Crippen molar-refractivity contribution in [2.24, 2.45) is 0 Å². The van der Waals surface area contributed by atoms with Crippen LogP contribution in [0, 0.1) is 11.6 Å². The largest absolute Gasteiger partial charge is 0.507 e. The van der Waals surface area contributed by atoms with Gasteiger partial charge in [-0.1, -0.05) is 19.3 Å². The van der Waals surface area contributed by atoms with E-state index in [1.54, 1.807) is 0 Å². The van der Waals surface area contributed by atoms with Crippen LogP contribution in [0.15, 0.2) is 12.1 Å². The molecular formula is C13H15F2NO2. The number of amides is 1. The molecule has 1 saturated carbocycles. The van der Waals surface area contributed by atoms with Crippen LogP contribution in [0.3, 0.4) is 0 Å². The molecule has 0 aromatic heterocycles. The number of benzene rings is 1. The molecule has 98 valence electrons. The third-order valence-electron chi connectivity index (χ3n) is 3.20. The molecule has 0 saturated heterocycles. The zero-order chi connectivity index (χ0) is 13.1. The molecule has 0 unspecified atom stereocenters. The fourth-order valence-electron chi connectivity index (χ4n) is 2.29. The fourth-order valence-corrected chi connectivity index (χ4v) is 2.29. The second-order valence-corrected chi connectivity index (χ2v) is 4.59. The van der Waals surface area contributed by atoms with E-state index in [0.29, 0.717) is 6.07 Å². The van der Waals surface area contributed by atoms with Crippen LogP contribution in [0.25, 0.3) is 0 Å². The average Bonchev–Trinajstić information content (AvgIpc) is 2.28. The zero-order valence-corrected chi connectivity index (χ0v) is 9.88. The monoisotopic (exact) mass is 255 g/mol. The number of halogens is 2. The average molecular weight is 255 g/mol. The summed E-state index contributed by atoms with van der Waals surface area (Å²) in [5.74, 6) is -3.29.